The second-order valence-electron chi connectivity index (χ2n) is 7.61. The third-order valence-corrected chi connectivity index (χ3v) is 6.99. The van der Waals surface area contributed by atoms with Crippen molar-refractivity contribution in [3.05, 3.63) is 36.5 Å². The third kappa shape index (κ3) is 3.19. The summed E-state index contributed by atoms with van der Waals surface area (Å²) in [7, 11) is -3.25. The van der Waals surface area contributed by atoms with E-state index in [1.807, 2.05) is 0 Å². The maximum atomic E-state index is 13.1. The molecule has 158 valence electrons. The summed E-state index contributed by atoms with van der Waals surface area (Å²) in [6, 6.07) is 1.62. The average Bonchev–Trinajstić information content (AvgIpc) is 3.26. The van der Waals surface area contributed by atoms with E-state index in [-0.39, 0.29) is 17.8 Å². The van der Waals surface area contributed by atoms with Gasteiger partial charge in [0.25, 0.3) is 6.43 Å². The van der Waals surface area contributed by atoms with Gasteiger partial charge in [0.15, 0.2) is 11.5 Å². The van der Waals surface area contributed by atoms with Crippen LogP contribution in [0.25, 0.3) is 17.2 Å². The SMILES string of the molecule is CS(=O)(=O)N1C2CCC1CN(c1ccnc(-c3cnc4cnc(C(F)F)cn34)n1)C2. The molecule has 0 aliphatic carbocycles. The van der Waals surface area contributed by atoms with Crippen LogP contribution in [-0.2, 0) is 10.0 Å². The van der Waals surface area contributed by atoms with Gasteiger partial charge in [0.1, 0.15) is 17.2 Å². The van der Waals surface area contributed by atoms with Gasteiger partial charge in [-0.1, -0.05) is 0 Å². The molecule has 0 aromatic carbocycles. The molecule has 2 unspecified atom stereocenters. The molecule has 5 rings (SSSR count). The Balaban J connectivity index is 1.48. The number of anilines is 1. The van der Waals surface area contributed by atoms with Gasteiger partial charge in [0, 0.05) is 37.6 Å². The summed E-state index contributed by atoms with van der Waals surface area (Å²) < 4.78 is 53.5. The van der Waals surface area contributed by atoms with Gasteiger partial charge >= 0.3 is 0 Å². The molecule has 0 amide bonds. The molecule has 2 aliphatic rings. The minimum atomic E-state index is -3.25. The standard InChI is InChI=1S/C18H19F2N7O2S/c1-30(28,29)27-11-2-3-12(27)9-25(8-11)15-4-5-21-18(24-15)14-6-23-16-7-22-13(17(19)20)10-26(14)16/h4-7,10-12,17H,2-3,8-9H2,1H3. The summed E-state index contributed by atoms with van der Waals surface area (Å²) in [4.78, 5) is 18.9. The molecular weight excluding hydrogens is 416 g/mol. The van der Waals surface area contributed by atoms with Crippen molar-refractivity contribution in [3.8, 4) is 11.5 Å². The van der Waals surface area contributed by atoms with Gasteiger partial charge < -0.3 is 4.90 Å². The molecule has 5 heterocycles. The highest BCUT2D eigenvalue weighted by Gasteiger charge is 2.45. The first-order chi connectivity index (χ1) is 14.3. The highest BCUT2D eigenvalue weighted by molar-refractivity contribution is 7.88. The lowest BCUT2D eigenvalue weighted by molar-refractivity contribution is 0.145. The van der Waals surface area contributed by atoms with Crippen molar-refractivity contribution in [2.24, 2.45) is 0 Å². The molecule has 2 atom stereocenters. The lowest BCUT2D eigenvalue weighted by Gasteiger charge is -2.40. The van der Waals surface area contributed by atoms with Gasteiger partial charge in [-0.05, 0) is 18.9 Å². The van der Waals surface area contributed by atoms with Crippen LogP contribution < -0.4 is 4.90 Å². The van der Waals surface area contributed by atoms with Crippen molar-refractivity contribution in [1.29, 1.82) is 0 Å². The summed E-state index contributed by atoms with van der Waals surface area (Å²) in [6.07, 6.45) is 5.86. The number of fused-ring (bicyclic) bond motifs is 3. The zero-order valence-electron chi connectivity index (χ0n) is 16.1. The van der Waals surface area contributed by atoms with Crippen molar-refractivity contribution in [2.75, 3.05) is 24.2 Å². The monoisotopic (exact) mass is 435 g/mol. The summed E-state index contributed by atoms with van der Waals surface area (Å²) in [6.45, 7) is 1.10. The van der Waals surface area contributed by atoms with Crippen molar-refractivity contribution in [3.63, 3.8) is 0 Å². The first-order valence-corrected chi connectivity index (χ1v) is 11.3. The number of nitrogens with zero attached hydrogens (tertiary/aromatic N) is 7. The normalized spacial score (nSPS) is 22.3. The van der Waals surface area contributed by atoms with Crippen LogP contribution in [0, 0.1) is 0 Å². The number of rotatable bonds is 4. The second kappa shape index (κ2) is 6.91. The Morgan fingerprint density at radius 2 is 1.83 bits per heavy atom. The molecular formula is C18H19F2N7O2S. The molecule has 2 bridgehead atoms. The van der Waals surface area contributed by atoms with E-state index in [4.69, 9.17) is 0 Å². The highest BCUT2D eigenvalue weighted by Crippen LogP contribution is 2.34. The molecule has 0 radical (unpaired) electrons. The van der Waals surface area contributed by atoms with E-state index in [9.17, 15) is 17.2 Å². The van der Waals surface area contributed by atoms with E-state index in [0.29, 0.717) is 36.1 Å². The number of aromatic nitrogens is 5. The molecule has 0 saturated carbocycles. The van der Waals surface area contributed by atoms with E-state index in [1.165, 1.54) is 29.2 Å². The van der Waals surface area contributed by atoms with Crippen molar-refractivity contribution in [1.82, 2.24) is 28.6 Å². The van der Waals surface area contributed by atoms with Gasteiger partial charge in [-0.3, -0.25) is 4.40 Å². The van der Waals surface area contributed by atoms with Gasteiger partial charge in [-0.2, -0.15) is 4.31 Å². The molecule has 0 spiro atoms. The first-order valence-electron chi connectivity index (χ1n) is 9.49. The predicted molar refractivity (Wildman–Crippen MR) is 105 cm³/mol. The number of halogens is 2. The van der Waals surface area contributed by atoms with Gasteiger partial charge in [0.05, 0.1) is 18.6 Å². The van der Waals surface area contributed by atoms with E-state index in [0.717, 1.165) is 12.8 Å². The number of piperazine rings is 1. The molecule has 0 N–H and O–H groups in total. The average molecular weight is 435 g/mol. The molecule has 2 aliphatic heterocycles. The van der Waals surface area contributed by atoms with E-state index in [2.05, 4.69) is 24.8 Å². The van der Waals surface area contributed by atoms with Crippen LogP contribution in [0.5, 0.6) is 0 Å². The second-order valence-corrected chi connectivity index (χ2v) is 9.49. The van der Waals surface area contributed by atoms with Crippen LogP contribution >= 0.6 is 0 Å². The predicted octanol–water partition coefficient (Wildman–Crippen LogP) is 1.74. The summed E-state index contributed by atoms with van der Waals surface area (Å²) in [5.74, 6) is 1.02. The number of hydrogen-bond donors (Lipinski definition) is 0. The van der Waals surface area contributed by atoms with Crippen molar-refractivity contribution < 1.29 is 17.2 Å². The Morgan fingerprint density at radius 1 is 1.10 bits per heavy atom. The molecule has 3 aromatic rings. The maximum absolute atomic E-state index is 13.1. The Morgan fingerprint density at radius 3 is 2.50 bits per heavy atom. The van der Waals surface area contributed by atoms with Crippen LogP contribution in [0.2, 0.25) is 0 Å². The Labute approximate surface area is 171 Å². The Bertz CT molecular complexity index is 1200. The lowest BCUT2D eigenvalue weighted by atomic mass is 10.2. The Hall–Kier alpha value is -2.73. The number of imidazole rings is 1. The number of hydrogen-bond acceptors (Lipinski definition) is 7. The molecule has 2 fully saturated rings. The summed E-state index contributed by atoms with van der Waals surface area (Å²) in [5.41, 5.74) is 0.545. The molecule has 12 heteroatoms. The fraction of sp³-hybridized carbons (Fsp3) is 0.444. The minimum Gasteiger partial charge on any atom is -0.353 e. The van der Waals surface area contributed by atoms with Crippen LogP contribution in [0.1, 0.15) is 25.0 Å². The zero-order chi connectivity index (χ0) is 21.0. The molecule has 3 aromatic heterocycles. The van der Waals surface area contributed by atoms with Crippen LogP contribution in [0.15, 0.2) is 30.9 Å². The van der Waals surface area contributed by atoms with Crippen molar-refractivity contribution >= 4 is 21.5 Å². The lowest BCUT2D eigenvalue weighted by Crippen LogP contribution is -2.55. The van der Waals surface area contributed by atoms with E-state index >= 15 is 0 Å². The molecule has 9 nitrogen and oxygen atoms in total. The minimum absolute atomic E-state index is 0.0763. The summed E-state index contributed by atoms with van der Waals surface area (Å²) >= 11 is 0. The van der Waals surface area contributed by atoms with Crippen molar-refractivity contribution in [2.45, 2.75) is 31.4 Å². The fourth-order valence-corrected chi connectivity index (χ4v) is 5.85. The van der Waals surface area contributed by atoms with E-state index in [1.54, 1.807) is 16.6 Å². The van der Waals surface area contributed by atoms with E-state index < -0.39 is 16.4 Å². The van der Waals surface area contributed by atoms with Gasteiger partial charge in [-0.15, -0.1) is 0 Å². The third-order valence-electron chi connectivity index (χ3n) is 5.63. The maximum Gasteiger partial charge on any atom is 0.281 e. The fourth-order valence-electron chi connectivity index (χ4n) is 4.42. The molecule has 2 saturated heterocycles. The zero-order valence-corrected chi connectivity index (χ0v) is 16.9. The number of alkyl halides is 2. The van der Waals surface area contributed by atoms with Crippen LogP contribution in [0.3, 0.4) is 0 Å². The van der Waals surface area contributed by atoms with Gasteiger partial charge in [0.2, 0.25) is 10.0 Å². The molecule has 30 heavy (non-hydrogen) atoms. The van der Waals surface area contributed by atoms with Crippen LogP contribution in [-0.4, -0.2) is 68.5 Å². The first kappa shape index (κ1) is 19.2. The quantitative estimate of drug-likeness (QED) is 0.616. The largest absolute Gasteiger partial charge is 0.353 e. The number of sulfonamides is 1. The Kier molecular flexibility index (Phi) is 4.43. The topological polar surface area (TPSA) is 96.6 Å². The summed E-state index contributed by atoms with van der Waals surface area (Å²) in [5, 5.41) is 0. The van der Waals surface area contributed by atoms with Crippen LogP contribution in [0.4, 0.5) is 14.6 Å². The smallest absolute Gasteiger partial charge is 0.281 e. The highest BCUT2D eigenvalue weighted by atomic mass is 32.2. The van der Waals surface area contributed by atoms with Gasteiger partial charge in [-0.25, -0.2) is 37.1 Å².